The molecule has 0 saturated heterocycles. The molecule has 0 unspecified atom stereocenters. The van der Waals surface area contributed by atoms with Crippen LogP contribution in [0.15, 0.2) is 30.3 Å². The lowest BCUT2D eigenvalue weighted by molar-refractivity contribution is 0.0600. The lowest BCUT2D eigenvalue weighted by Gasteiger charge is -2.00. The highest BCUT2D eigenvalue weighted by atomic mass is 16.5. The Morgan fingerprint density at radius 2 is 1.95 bits per heavy atom. The maximum atomic E-state index is 11.3. The zero-order valence-corrected chi connectivity index (χ0v) is 11.1. The van der Waals surface area contributed by atoms with E-state index in [1.54, 1.807) is 37.4 Å². The second-order valence-corrected chi connectivity index (χ2v) is 4.10. The summed E-state index contributed by atoms with van der Waals surface area (Å²) in [5, 5.41) is 6.73. The van der Waals surface area contributed by atoms with Crippen molar-refractivity contribution in [3.8, 4) is 11.3 Å². The first kappa shape index (κ1) is 13.6. The number of carbonyl (C=O) groups is 2. The first-order chi connectivity index (χ1) is 9.51. The van der Waals surface area contributed by atoms with E-state index in [0.29, 0.717) is 17.1 Å². The number of aryl methyl sites for hydroxylation is 1. The number of methoxy groups -OCH3 is 1. The summed E-state index contributed by atoms with van der Waals surface area (Å²) in [5.41, 5.74) is 7.00. The van der Waals surface area contributed by atoms with Gasteiger partial charge < -0.3 is 10.5 Å². The van der Waals surface area contributed by atoms with Crippen LogP contribution in [0.5, 0.6) is 0 Å². The molecule has 2 amide bonds. The minimum Gasteiger partial charge on any atom is -0.465 e. The molecule has 2 aromatic rings. The molecular formula is C13H14N4O3. The molecule has 1 aromatic heterocycles. The van der Waals surface area contributed by atoms with Crippen molar-refractivity contribution < 1.29 is 14.3 Å². The molecule has 0 aliphatic rings. The molecule has 0 bridgehead atoms. The number of hydrogen-bond donors (Lipinski definition) is 2. The summed E-state index contributed by atoms with van der Waals surface area (Å²) >= 11 is 0. The molecule has 20 heavy (non-hydrogen) atoms. The Hall–Kier alpha value is -2.83. The smallest absolute Gasteiger partial charge is 0.337 e. The number of esters is 1. The van der Waals surface area contributed by atoms with Crippen LogP contribution >= 0.6 is 0 Å². The van der Waals surface area contributed by atoms with Crippen LogP contribution in [-0.4, -0.2) is 28.9 Å². The number of primary amides is 1. The Balaban J connectivity index is 2.28. The van der Waals surface area contributed by atoms with Gasteiger partial charge in [0, 0.05) is 18.7 Å². The molecule has 0 fully saturated rings. The number of nitrogens with one attached hydrogen (secondary N) is 1. The summed E-state index contributed by atoms with van der Waals surface area (Å²) in [5.74, 6) is 0.0956. The van der Waals surface area contributed by atoms with E-state index in [4.69, 9.17) is 5.73 Å². The minimum absolute atomic E-state index is 0.395. The molecule has 1 aromatic carbocycles. The van der Waals surface area contributed by atoms with Crippen molar-refractivity contribution in [2.45, 2.75) is 0 Å². The van der Waals surface area contributed by atoms with Gasteiger partial charge in [-0.2, -0.15) is 5.10 Å². The van der Waals surface area contributed by atoms with Crippen LogP contribution in [0.3, 0.4) is 0 Å². The van der Waals surface area contributed by atoms with E-state index in [-0.39, 0.29) is 0 Å². The Kier molecular flexibility index (Phi) is 3.69. The van der Waals surface area contributed by atoms with Crippen molar-refractivity contribution in [1.29, 1.82) is 0 Å². The molecule has 7 heteroatoms. The van der Waals surface area contributed by atoms with Gasteiger partial charge in [-0.1, -0.05) is 12.1 Å². The number of anilines is 1. The second-order valence-electron chi connectivity index (χ2n) is 4.10. The summed E-state index contributed by atoms with van der Waals surface area (Å²) < 4.78 is 6.14. The lowest BCUT2D eigenvalue weighted by Crippen LogP contribution is -2.20. The Morgan fingerprint density at radius 3 is 2.50 bits per heavy atom. The van der Waals surface area contributed by atoms with Crippen molar-refractivity contribution in [3.05, 3.63) is 35.9 Å². The number of nitrogens with zero attached hydrogens (tertiary/aromatic N) is 2. The standard InChI is InChI=1S/C13H14N4O3/c1-17-11(15-13(14)19)7-10(16-17)8-3-5-9(6-4-8)12(18)20-2/h3-7H,1-2H3,(H3,14,15,19). The van der Waals surface area contributed by atoms with Crippen LogP contribution in [-0.2, 0) is 11.8 Å². The SMILES string of the molecule is COC(=O)c1ccc(-c2cc(NC(N)=O)n(C)n2)cc1. The highest BCUT2D eigenvalue weighted by Crippen LogP contribution is 2.21. The Bertz CT molecular complexity index is 646. The van der Waals surface area contributed by atoms with Gasteiger partial charge in [0.25, 0.3) is 0 Å². The van der Waals surface area contributed by atoms with E-state index in [1.807, 2.05) is 0 Å². The fourth-order valence-corrected chi connectivity index (χ4v) is 1.75. The summed E-state index contributed by atoms with van der Waals surface area (Å²) in [6.45, 7) is 0. The lowest BCUT2D eigenvalue weighted by atomic mass is 10.1. The quantitative estimate of drug-likeness (QED) is 0.825. The van der Waals surface area contributed by atoms with Gasteiger partial charge in [0.1, 0.15) is 5.82 Å². The topological polar surface area (TPSA) is 99.2 Å². The molecular weight excluding hydrogens is 260 g/mol. The number of hydrogen-bond acceptors (Lipinski definition) is 4. The van der Waals surface area contributed by atoms with Gasteiger partial charge in [-0.15, -0.1) is 0 Å². The number of nitrogens with two attached hydrogens (primary N) is 1. The van der Waals surface area contributed by atoms with Gasteiger partial charge in [0.2, 0.25) is 0 Å². The van der Waals surface area contributed by atoms with Crippen molar-refractivity contribution in [3.63, 3.8) is 0 Å². The molecule has 0 aliphatic carbocycles. The van der Waals surface area contributed by atoms with Crippen molar-refractivity contribution >= 4 is 17.8 Å². The number of rotatable bonds is 3. The Labute approximate surface area is 115 Å². The first-order valence-electron chi connectivity index (χ1n) is 5.80. The maximum absolute atomic E-state index is 11.3. The highest BCUT2D eigenvalue weighted by Gasteiger charge is 2.10. The van der Waals surface area contributed by atoms with Crippen LogP contribution in [0.1, 0.15) is 10.4 Å². The van der Waals surface area contributed by atoms with E-state index >= 15 is 0 Å². The molecule has 7 nitrogen and oxygen atoms in total. The molecule has 104 valence electrons. The number of benzene rings is 1. The van der Waals surface area contributed by atoms with E-state index in [1.165, 1.54) is 11.8 Å². The average molecular weight is 274 g/mol. The number of ether oxygens (including phenoxy) is 1. The average Bonchev–Trinajstić information content (AvgIpc) is 2.79. The van der Waals surface area contributed by atoms with Gasteiger partial charge in [-0.25, -0.2) is 9.59 Å². The van der Waals surface area contributed by atoms with Crippen molar-refractivity contribution in [1.82, 2.24) is 9.78 Å². The van der Waals surface area contributed by atoms with Gasteiger partial charge in [0.15, 0.2) is 0 Å². The fraction of sp³-hybridized carbons (Fsp3) is 0.154. The van der Waals surface area contributed by atoms with E-state index in [2.05, 4.69) is 15.2 Å². The van der Waals surface area contributed by atoms with Crippen LogP contribution in [0.2, 0.25) is 0 Å². The van der Waals surface area contributed by atoms with Crippen molar-refractivity contribution in [2.75, 3.05) is 12.4 Å². The summed E-state index contributed by atoms with van der Waals surface area (Å²) in [6.07, 6.45) is 0. The van der Waals surface area contributed by atoms with Crippen LogP contribution in [0, 0.1) is 0 Å². The van der Waals surface area contributed by atoms with Gasteiger partial charge in [-0.05, 0) is 12.1 Å². The molecule has 0 atom stereocenters. The molecule has 0 saturated carbocycles. The predicted octanol–water partition coefficient (Wildman–Crippen LogP) is 1.36. The van der Waals surface area contributed by atoms with Crippen molar-refractivity contribution in [2.24, 2.45) is 12.8 Å². The monoisotopic (exact) mass is 274 g/mol. The highest BCUT2D eigenvalue weighted by molar-refractivity contribution is 5.90. The van der Waals surface area contributed by atoms with Crippen LogP contribution in [0.25, 0.3) is 11.3 Å². The predicted molar refractivity (Wildman–Crippen MR) is 73.2 cm³/mol. The van der Waals surface area contributed by atoms with E-state index in [0.717, 1.165) is 5.56 Å². The third-order valence-corrected chi connectivity index (χ3v) is 2.73. The third-order valence-electron chi connectivity index (χ3n) is 2.73. The maximum Gasteiger partial charge on any atom is 0.337 e. The summed E-state index contributed by atoms with van der Waals surface area (Å²) in [7, 11) is 3.02. The fourth-order valence-electron chi connectivity index (χ4n) is 1.75. The van der Waals surface area contributed by atoms with Gasteiger partial charge >= 0.3 is 12.0 Å². The minimum atomic E-state index is -0.652. The molecule has 0 aliphatic heterocycles. The number of carbonyl (C=O) groups excluding carboxylic acids is 2. The van der Waals surface area contributed by atoms with Gasteiger partial charge in [0.05, 0.1) is 18.4 Å². The normalized spacial score (nSPS) is 10.1. The van der Waals surface area contributed by atoms with E-state index in [9.17, 15) is 9.59 Å². The van der Waals surface area contributed by atoms with Gasteiger partial charge in [-0.3, -0.25) is 10.00 Å². The zero-order valence-electron chi connectivity index (χ0n) is 11.1. The zero-order chi connectivity index (χ0) is 14.7. The number of aromatic nitrogens is 2. The number of amides is 2. The second kappa shape index (κ2) is 5.43. The molecule has 0 radical (unpaired) electrons. The molecule has 3 N–H and O–H groups in total. The number of urea groups is 1. The molecule has 1 heterocycles. The molecule has 0 spiro atoms. The largest absolute Gasteiger partial charge is 0.465 e. The summed E-state index contributed by atoms with van der Waals surface area (Å²) in [6, 6.07) is 7.85. The molecule has 2 rings (SSSR count). The van der Waals surface area contributed by atoms with E-state index < -0.39 is 12.0 Å². The third kappa shape index (κ3) is 2.77. The van der Waals surface area contributed by atoms with Crippen LogP contribution < -0.4 is 11.1 Å². The Morgan fingerprint density at radius 1 is 1.30 bits per heavy atom. The summed E-state index contributed by atoms with van der Waals surface area (Å²) in [4.78, 5) is 22.2. The first-order valence-corrected chi connectivity index (χ1v) is 5.80. The van der Waals surface area contributed by atoms with Crippen LogP contribution in [0.4, 0.5) is 10.6 Å².